The van der Waals surface area contributed by atoms with Gasteiger partial charge in [0.1, 0.15) is 0 Å². The predicted molar refractivity (Wildman–Crippen MR) is 92.9 cm³/mol. The summed E-state index contributed by atoms with van der Waals surface area (Å²) >= 11 is 0. The molecule has 0 saturated carbocycles. The van der Waals surface area contributed by atoms with E-state index in [4.69, 9.17) is 0 Å². The highest BCUT2D eigenvalue weighted by Crippen LogP contribution is 2.32. The first kappa shape index (κ1) is 20.4. The molecule has 0 bridgehead atoms. The van der Waals surface area contributed by atoms with Crippen LogP contribution in [0, 0.1) is 0 Å². The van der Waals surface area contributed by atoms with Gasteiger partial charge in [-0.1, -0.05) is 71.3 Å². The minimum atomic E-state index is -0.671. The van der Waals surface area contributed by atoms with Crippen LogP contribution in [-0.4, -0.2) is 10.1 Å². The van der Waals surface area contributed by atoms with Crippen LogP contribution in [0.15, 0.2) is 24.5 Å². The Kier molecular flexibility index (Phi) is 11.7. The van der Waals surface area contributed by atoms with Gasteiger partial charge >= 0.3 is 0 Å². The molecule has 2 nitrogen and oxygen atoms in total. The lowest BCUT2D eigenvalue weighted by Crippen LogP contribution is -2.26. The molecule has 0 fully saturated rings. The molecule has 1 N–H and O–H groups in total. The first-order chi connectivity index (χ1) is 9.73. The van der Waals surface area contributed by atoms with Crippen LogP contribution in [0.1, 0.15) is 83.6 Å². The third kappa shape index (κ3) is 7.82. The van der Waals surface area contributed by atoms with Gasteiger partial charge in [-0.2, -0.15) is 0 Å². The van der Waals surface area contributed by atoms with Crippen LogP contribution in [-0.2, 0) is 5.60 Å². The molecule has 0 aromatic carbocycles. The van der Waals surface area contributed by atoms with Gasteiger partial charge in [0, 0.05) is 18.0 Å². The smallest absolute Gasteiger partial charge is 0.0911 e. The topological polar surface area (TPSA) is 33.1 Å². The molecule has 0 radical (unpaired) electrons. The molecule has 0 unspecified atom stereocenters. The third-order valence-electron chi connectivity index (χ3n) is 4.09. The molecule has 0 saturated heterocycles. The van der Waals surface area contributed by atoms with Gasteiger partial charge in [0.2, 0.25) is 0 Å². The molecule has 1 heterocycles. The van der Waals surface area contributed by atoms with Gasteiger partial charge in [-0.25, -0.2) is 0 Å². The number of nitrogens with zero attached hydrogens (tertiary/aromatic N) is 1. The maximum absolute atomic E-state index is 11.0. The van der Waals surface area contributed by atoms with Crippen LogP contribution in [0.2, 0.25) is 0 Å². The van der Waals surface area contributed by atoms with Crippen LogP contribution in [0.4, 0.5) is 0 Å². The quantitative estimate of drug-likeness (QED) is 0.537. The summed E-state index contributed by atoms with van der Waals surface area (Å²) in [4.78, 5) is 4.18. The van der Waals surface area contributed by atoms with Crippen molar-refractivity contribution in [3.05, 3.63) is 30.1 Å². The highest BCUT2D eigenvalue weighted by molar-refractivity contribution is 5.85. The molecular weight excluding hydrogens is 282 g/mol. The number of rotatable bonds is 11. The van der Waals surface area contributed by atoms with Crippen molar-refractivity contribution in [2.45, 2.75) is 83.7 Å². The van der Waals surface area contributed by atoms with Crippen LogP contribution in [0.25, 0.3) is 0 Å². The summed E-state index contributed by atoms with van der Waals surface area (Å²) in [6.45, 7) is 4.44. The van der Waals surface area contributed by atoms with Crippen molar-refractivity contribution in [1.29, 1.82) is 0 Å². The molecule has 0 spiro atoms. The van der Waals surface area contributed by atoms with Crippen LogP contribution in [0.5, 0.6) is 0 Å². The summed E-state index contributed by atoms with van der Waals surface area (Å²) in [5.41, 5.74) is 0.323. The van der Waals surface area contributed by atoms with E-state index in [1.165, 1.54) is 38.5 Å². The van der Waals surface area contributed by atoms with E-state index < -0.39 is 5.60 Å². The van der Waals surface area contributed by atoms with Crippen LogP contribution < -0.4 is 0 Å². The predicted octanol–water partition coefficient (Wildman–Crippen LogP) is 5.63. The summed E-state index contributed by atoms with van der Waals surface area (Å²) in [5.74, 6) is 0. The van der Waals surface area contributed by atoms with E-state index in [1.807, 2.05) is 18.3 Å². The molecule has 3 heteroatoms. The Hall–Kier alpha value is -0.600. The first-order valence-corrected chi connectivity index (χ1v) is 8.36. The zero-order valence-electron chi connectivity index (χ0n) is 13.7. The van der Waals surface area contributed by atoms with Gasteiger partial charge in [0.05, 0.1) is 5.60 Å². The van der Waals surface area contributed by atoms with Gasteiger partial charge in [0.25, 0.3) is 0 Å². The van der Waals surface area contributed by atoms with Crippen molar-refractivity contribution < 1.29 is 5.11 Å². The SMILES string of the molecule is CCCCCCC(O)(CCCCCC)c1cccnc1.Cl. The van der Waals surface area contributed by atoms with Crippen LogP contribution in [0.3, 0.4) is 0 Å². The Balaban J connectivity index is 0.00000400. The molecule has 1 aromatic heterocycles. The lowest BCUT2D eigenvalue weighted by Gasteiger charge is -2.28. The number of aliphatic hydroxyl groups is 1. The zero-order chi connectivity index (χ0) is 14.7. The molecule has 1 aromatic rings. The molecule has 0 aliphatic carbocycles. The molecular formula is C18H32ClNO. The molecule has 0 aliphatic heterocycles. The van der Waals surface area contributed by atoms with Crippen molar-refractivity contribution >= 4 is 12.4 Å². The zero-order valence-corrected chi connectivity index (χ0v) is 14.5. The molecule has 0 aliphatic rings. The number of hydrogen-bond donors (Lipinski definition) is 1. The van der Waals surface area contributed by atoms with Crippen molar-refractivity contribution in [2.75, 3.05) is 0 Å². The fourth-order valence-electron chi connectivity index (χ4n) is 2.74. The maximum Gasteiger partial charge on any atom is 0.0911 e. The summed E-state index contributed by atoms with van der Waals surface area (Å²) in [5, 5.41) is 11.0. The van der Waals surface area contributed by atoms with E-state index in [-0.39, 0.29) is 12.4 Å². The highest BCUT2D eigenvalue weighted by Gasteiger charge is 2.28. The van der Waals surface area contributed by atoms with Crippen molar-refractivity contribution in [3.8, 4) is 0 Å². The summed E-state index contributed by atoms with van der Waals surface area (Å²) in [6, 6.07) is 3.95. The second-order valence-electron chi connectivity index (χ2n) is 5.89. The lowest BCUT2D eigenvalue weighted by molar-refractivity contribution is 0.0130. The molecule has 122 valence electrons. The summed E-state index contributed by atoms with van der Waals surface area (Å²) in [6.07, 6.45) is 15.0. The summed E-state index contributed by atoms with van der Waals surface area (Å²) < 4.78 is 0. The fraction of sp³-hybridized carbons (Fsp3) is 0.722. The Morgan fingerprint density at radius 1 is 0.952 bits per heavy atom. The fourth-order valence-corrected chi connectivity index (χ4v) is 2.74. The van der Waals surface area contributed by atoms with Gasteiger partial charge in [0.15, 0.2) is 0 Å². The normalized spacial score (nSPS) is 11.2. The summed E-state index contributed by atoms with van der Waals surface area (Å²) in [7, 11) is 0. The van der Waals surface area contributed by atoms with Crippen molar-refractivity contribution in [1.82, 2.24) is 4.98 Å². The number of unbranched alkanes of at least 4 members (excludes halogenated alkanes) is 6. The monoisotopic (exact) mass is 313 g/mol. The minimum absolute atomic E-state index is 0. The molecule has 21 heavy (non-hydrogen) atoms. The van der Waals surface area contributed by atoms with E-state index in [0.717, 1.165) is 31.2 Å². The minimum Gasteiger partial charge on any atom is -0.385 e. The molecule has 0 amide bonds. The number of pyridine rings is 1. The number of halogens is 1. The van der Waals surface area contributed by atoms with Crippen molar-refractivity contribution in [3.63, 3.8) is 0 Å². The number of hydrogen-bond acceptors (Lipinski definition) is 2. The standard InChI is InChI=1S/C18H31NO.ClH/c1-3-5-7-9-13-18(20,14-10-8-6-4-2)17-12-11-15-19-16-17;/h11-12,15-16,20H,3-10,13-14H2,1-2H3;1H. The van der Waals surface area contributed by atoms with Crippen LogP contribution >= 0.6 is 12.4 Å². The Labute approximate surface area is 136 Å². The van der Waals surface area contributed by atoms with E-state index in [0.29, 0.717) is 0 Å². The van der Waals surface area contributed by atoms with E-state index in [9.17, 15) is 5.11 Å². The number of aromatic nitrogens is 1. The third-order valence-corrected chi connectivity index (χ3v) is 4.09. The van der Waals surface area contributed by atoms with E-state index in [1.54, 1.807) is 6.20 Å². The molecule has 0 atom stereocenters. The van der Waals surface area contributed by atoms with E-state index >= 15 is 0 Å². The highest BCUT2D eigenvalue weighted by atomic mass is 35.5. The average molecular weight is 314 g/mol. The Bertz CT molecular complexity index is 330. The second kappa shape index (κ2) is 12.0. The van der Waals surface area contributed by atoms with Crippen molar-refractivity contribution in [2.24, 2.45) is 0 Å². The maximum atomic E-state index is 11.0. The van der Waals surface area contributed by atoms with Gasteiger partial charge in [-0.3, -0.25) is 4.98 Å². The lowest BCUT2D eigenvalue weighted by atomic mass is 9.84. The largest absolute Gasteiger partial charge is 0.385 e. The average Bonchev–Trinajstić information content (AvgIpc) is 2.49. The second-order valence-corrected chi connectivity index (χ2v) is 5.89. The van der Waals surface area contributed by atoms with Gasteiger partial charge in [-0.05, 0) is 18.9 Å². The Morgan fingerprint density at radius 3 is 1.95 bits per heavy atom. The molecule has 1 rings (SSSR count). The Morgan fingerprint density at radius 2 is 1.52 bits per heavy atom. The van der Waals surface area contributed by atoms with Gasteiger partial charge < -0.3 is 5.11 Å². The van der Waals surface area contributed by atoms with E-state index in [2.05, 4.69) is 18.8 Å². The van der Waals surface area contributed by atoms with Gasteiger partial charge in [-0.15, -0.1) is 12.4 Å². The first-order valence-electron chi connectivity index (χ1n) is 8.36.